The Kier molecular flexibility index (Phi) is 3.99. The molecule has 0 atom stereocenters. The number of benzene rings is 1. The van der Waals surface area contributed by atoms with E-state index < -0.39 is 0 Å². The molecular weight excluding hydrogens is 249 g/mol. The number of nitrogens with zero attached hydrogens (tertiary/aromatic N) is 1. The molecule has 1 aromatic rings. The second-order valence-electron chi connectivity index (χ2n) is 4.48. The molecule has 5 nitrogen and oxygen atoms in total. The number of anilines is 1. The summed E-state index contributed by atoms with van der Waals surface area (Å²) in [7, 11) is 0. The maximum Gasteiger partial charge on any atom is 0.242 e. The van der Waals surface area contributed by atoms with Gasteiger partial charge in [-0.3, -0.25) is 9.59 Å². The van der Waals surface area contributed by atoms with Crippen molar-refractivity contribution in [3.63, 3.8) is 0 Å². The smallest absolute Gasteiger partial charge is 0.242 e. The molecule has 2 N–H and O–H groups in total. The summed E-state index contributed by atoms with van der Waals surface area (Å²) in [4.78, 5) is 24.6. The van der Waals surface area contributed by atoms with Crippen molar-refractivity contribution in [3.8, 4) is 0 Å². The van der Waals surface area contributed by atoms with E-state index in [-0.39, 0.29) is 30.7 Å². The van der Waals surface area contributed by atoms with Crippen molar-refractivity contribution in [2.45, 2.75) is 6.92 Å². The number of nitrogens with one attached hydrogen (secondary N) is 2. The SMILES string of the molecule is Cc1cc(F)ccc1NCC(=O)N1CCNC(=O)C1. The zero-order chi connectivity index (χ0) is 13.8. The van der Waals surface area contributed by atoms with Gasteiger partial charge in [-0.15, -0.1) is 0 Å². The number of halogens is 1. The monoisotopic (exact) mass is 265 g/mol. The van der Waals surface area contributed by atoms with Crippen LogP contribution in [0.25, 0.3) is 0 Å². The van der Waals surface area contributed by atoms with Crippen LogP contribution in [0.2, 0.25) is 0 Å². The molecule has 0 bridgehead atoms. The fraction of sp³-hybridized carbons (Fsp3) is 0.385. The van der Waals surface area contributed by atoms with E-state index in [1.807, 2.05) is 0 Å². The third-order valence-corrected chi connectivity index (χ3v) is 3.01. The van der Waals surface area contributed by atoms with Gasteiger partial charge in [0.1, 0.15) is 5.82 Å². The number of rotatable bonds is 3. The zero-order valence-corrected chi connectivity index (χ0v) is 10.7. The molecule has 2 rings (SSSR count). The minimum atomic E-state index is -0.304. The minimum Gasteiger partial charge on any atom is -0.376 e. The van der Waals surface area contributed by atoms with E-state index in [0.29, 0.717) is 13.1 Å². The molecule has 1 fully saturated rings. The number of hydrogen-bond acceptors (Lipinski definition) is 3. The molecule has 0 spiro atoms. The number of hydrogen-bond donors (Lipinski definition) is 2. The number of aryl methyl sites for hydroxylation is 1. The van der Waals surface area contributed by atoms with Gasteiger partial charge in [0.2, 0.25) is 11.8 Å². The van der Waals surface area contributed by atoms with Crippen LogP contribution in [-0.4, -0.2) is 42.9 Å². The van der Waals surface area contributed by atoms with Gasteiger partial charge < -0.3 is 15.5 Å². The lowest BCUT2D eigenvalue weighted by Gasteiger charge is -2.27. The first-order valence-electron chi connectivity index (χ1n) is 6.11. The second kappa shape index (κ2) is 5.69. The molecule has 0 aromatic heterocycles. The summed E-state index contributed by atoms with van der Waals surface area (Å²) in [5.41, 5.74) is 1.46. The Bertz CT molecular complexity index is 505. The van der Waals surface area contributed by atoms with Gasteiger partial charge >= 0.3 is 0 Å². The van der Waals surface area contributed by atoms with E-state index in [1.165, 1.54) is 17.0 Å². The van der Waals surface area contributed by atoms with Crippen molar-refractivity contribution in [2.75, 3.05) is 31.5 Å². The molecule has 0 aliphatic carbocycles. The maximum absolute atomic E-state index is 12.9. The molecule has 0 unspecified atom stereocenters. The highest BCUT2D eigenvalue weighted by atomic mass is 19.1. The molecular formula is C13H16FN3O2. The predicted molar refractivity (Wildman–Crippen MR) is 69.2 cm³/mol. The summed E-state index contributed by atoms with van der Waals surface area (Å²) < 4.78 is 12.9. The van der Waals surface area contributed by atoms with Gasteiger partial charge in [-0.1, -0.05) is 0 Å². The molecule has 1 heterocycles. The van der Waals surface area contributed by atoms with Gasteiger partial charge in [0.05, 0.1) is 13.1 Å². The van der Waals surface area contributed by atoms with Crippen LogP contribution in [-0.2, 0) is 9.59 Å². The molecule has 6 heteroatoms. The van der Waals surface area contributed by atoms with Crippen molar-refractivity contribution in [1.82, 2.24) is 10.2 Å². The van der Waals surface area contributed by atoms with Gasteiger partial charge in [0.15, 0.2) is 0 Å². The van der Waals surface area contributed by atoms with E-state index in [2.05, 4.69) is 10.6 Å². The van der Waals surface area contributed by atoms with Crippen LogP contribution in [0.1, 0.15) is 5.56 Å². The minimum absolute atomic E-state index is 0.0970. The highest BCUT2D eigenvalue weighted by Gasteiger charge is 2.20. The molecule has 1 saturated heterocycles. The van der Waals surface area contributed by atoms with Crippen LogP contribution >= 0.6 is 0 Å². The van der Waals surface area contributed by atoms with Crippen LogP contribution in [0.3, 0.4) is 0 Å². The average Bonchev–Trinajstić information content (AvgIpc) is 2.37. The predicted octanol–water partition coefficient (Wildman–Crippen LogP) is 0.504. The van der Waals surface area contributed by atoms with Crippen LogP contribution in [0.15, 0.2) is 18.2 Å². The molecule has 1 aromatic carbocycles. The average molecular weight is 265 g/mol. The molecule has 0 saturated carbocycles. The fourth-order valence-corrected chi connectivity index (χ4v) is 1.96. The topological polar surface area (TPSA) is 61.4 Å². The number of amides is 2. The van der Waals surface area contributed by atoms with Crippen LogP contribution in [0.4, 0.5) is 10.1 Å². The van der Waals surface area contributed by atoms with Crippen molar-refractivity contribution in [2.24, 2.45) is 0 Å². The summed E-state index contributed by atoms with van der Waals surface area (Å²) in [6.45, 7) is 2.97. The quantitative estimate of drug-likeness (QED) is 0.837. The fourth-order valence-electron chi connectivity index (χ4n) is 1.96. The largest absolute Gasteiger partial charge is 0.376 e. The Morgan fingerprint density at radius 3 is 3.00 bits per heavy atom. The van der Waals surface area contributed by atoms with Crippen LogP contribution < -0.4 is 10.6 Å². The summed E-state index contributed by atoms with van der Waals surface area (Å²) in [6, 6.07) is 4.34. The highest BCUT2D eigenvalue weighted by Crippen LogP contribution is 2.15. The van der Waals surface area contributed by atoms with E-state index in [9.17, 15) is 14.0 Å². The number of carbonyl (C=O) groups is 2. The zero-order valence-electron chi connectivity index (χ0n) is 10.7. The first kappa shape index (κ1) is 13.3. The Hall–Kier alpha value is -2.11. The molecule has 102 valence electrons. The van der Waals surface area contributed by atoms with Gasteiger partial charge in [-0.05, 0) is 30.7 Å². The number of piperazine rings is 1. The second-order valence-corrected chi connectivity index (χ2v) is 4.48. The molecule has 19 heavy (non-hydrogen) atoms. The standard InChI is InChI=1S/C13H16FN3O2/c1-9-6-10(14)2-3-11(9)16-7-13(19)17-5-4-15-12(18)8-17/h2-3,6,16H,4-5,7-8H2,1H3,(H,15,18). The summed E-state index contributed by atoms with van der Waals surface area (Å²) in [5.74, 6) is -0.585. The molecule has 1 aliphatic heterocycles. The number of carbonyl (C=O) groups excluding carboxylic acids is 2. The lowest BCUT2D eigenvalue weighted by Crippen LogP contribution is -2.51. The third-order valence-electron chi connectivity index (χ3n) is 3.01. The van der Waals surface area contributed by atoms with Gasteiger partial charge in [0.25, 0.3) is 0 Å². The molecule has 0 radical (unpaired) electrons. The third kappa shape index (κ3) is 3.43. The molecule has 1 aliphatic rings. The van der Waals surface area contributed by atoms with Crippen molar-refractivity contribution in [1.29, 1.82) is 0 Å². The lowest BCUT2D eigenvalue weighted by atomic mass is 10.2. The highest BCUT2D eigenvalue weighted by molar-refractivity contribution is 5.87. The Morgan fingerprint density at radius 1 is 1.53 bits per heavy atom. The van der Waals surface area contributed by atoms with Crippen LogP contribution in [0.5, 0.6) is 0 Å². The maximum atomic E-state index is 12.9. The Morgan fingerprint density at radius 2 is 2.32 bits per heavy atom. The summed E-state index contributed by atoms with van der Waals surface area (Å²) >= 11 is 0. The lowest BCUT2D eigenvalue weighted by molar-refractivity contribution is -0.136. The van der Waals surface area contributed by atoms with Gasteiger partial charge in [-0.2, -0.15) is 0 Å². The molecule has 2 amide bonds. The first-order valence-corrected chi connectivity index (χ1v) is 6.11. The van der Waals surface area contributed by atoms with Gasteiger partial charge in [-0.25, -0.2) is 4.39 Å². The van der Waals surface area contributed by atoms with Crippen LogP contribution in [0, 0.1) is 12.7 Å². The van der Waals surface area contributed by atoms with Crippen molar-refractivity contribution in [3.05, 3.63) is 29.6 Å². The van der Waals surface area contributed by atoms with E-state index in [0.717, 1.165) is 11.3 Å². The van der Waals surface area contributed by atoms with Crippen molar-refractivity contribution >= 4 is 17.5 Å². The van der Waals surface area contributed by atoms with Gasteiger partial charge in [0, 0.05) is 18.8 Å². The Balaban J connectivity index is 1.91. The Labute approximate surface area is 110 Å². The van der Waals surface area contributed by atoms with E-state index in [1.54, 1.807) is 13.0 Å². The summed E-state index contributed by atoms with van der Waals surface area (Å²) in [5, 5.41) is 5.62. The normalized spacial score (nSPS) is 15.1. The van der Waals surface area contributed by atoms with Crippen molar-refractivity contribution < 1.29 is 14.0 Å². The van der Waals surface area contributed by atoms with E-state index in [4.69, 9.17) is 0 Å². The summed E-state index contributed by atoms with van der Waals surface area (Å²) in [6.07, 6.45) is 0. The van der Waals surface area contributed by atoms with E-state index >= 15 is 0 Å². The first-order chi connectivity index (χ1) is 9.06.